The smallest absolute Gasteiger partial charge is 0.118 e. The molecular formula is C16H22N2OS. The number of nitrogens with one attached hydrogen (secondary N) is 1. The molecule has 3 nitrogen and oxygen atoms in total. The molecule has 1 atom stereocenters. The Morgan fingerprint density at radius 2 is 1.95 bits per heavy atom. The van der Waals surface area contributed by atoms with Gasteiger partial charge in [-0.15, -0.1) is 11.3 Å². The van der Waals surface area contributed by atoms with Gasteiger partial charge in [-0.1, -0.05) is 19.1 Å². The maximum absolute atomic E-state index is 5.22. The first-order valence-electron chi connectivity index (χ1n) is 6.94. The highest BCUT2D eigenvalue weighted by Gasteiger charge is 2.14. The molecule has 0 aliphatic heterocycles. The summed E-state index contributed by atoms with van der Waals surface area (Å²) in [4.78, 5) is 5.96. The van der Waals surface area contributed by atoms with Crippen LogP contribution in [0.5, 0.6) is 5.75 Å². The largest absolute Gasteiger partial charge is 0.497 e. The monoisotopic (exact) mass is 290 g/mol. The molecule has 0 spiro atoms. The minimum Gasteiger partial charge on any atom is -0.497 e. The maximum atomic E-state index is 5.22. The molecule has 1 aromatic carbocycles. The predicted octanol–water partition coefficient (Wildman–Crippen LogP) is 3.66. The van der Waals surface area contributed by atoms with Crippen molar-refractivity contribution in [2.45, 2.75) is 33.2 Å². The number of hydrogen-bond acceptors (Lipinski definition) is 4. The van der Waals surface area contributed by atoms with E-state index in [0.717, 1.165) is 24.4 Å². The number of rotatable bonds is 6. The van der Waals surface area contributed by atoms with Crippen molar-refractivity contribution in [1.82, 2.24) is 10.3 Å². The molecule has 2 aromatic rings. The SMILES string of the molecule is CCNC(Cc1nc(C)c(C)s1)c1ccc(OC)cc1. The molecule has 1 N–H and O–H groups in total. The Labute approximate surface area is 125 Å². The minimum atomic E-state index is 0.302. The normalized spacial score (nSPS) is 12.4. The molecule has 2 rings (SSSR count). The van der Waals surface area contributed by atoms with Crippen LogP contribution in [0, 0.1) is 13.8 Å². The lowest BCUT2D eigenvalue weighted by atomic mass is 10.0. The molecule has 0 amide bonds. The predicted molar refractivity (Wildman–Crippen MR) is 84.7 cm³/mol. The summed E-state index contributed by atoms with van der Waals surface area (Å²) in [6.45, 7) is 7.28. The van der Waals surface area contributed by atoms with E-state index in [4.69, 9.17) is 4.74 Å². The number of ether oxygens (including phenoxy) is 1. The first-order valence-corrected chi connectivity index (χ1v) is 7.76. The Kier molecular flexibility index (Phi) is 5.15. The van der Waals surface area contributed by atoms with Crippen molar-refractivity contribution in [2.24, 2.45) is 0 Å². The van der Waals surface area contributed by atoms with Crippen molar-refractivity contribution in [3.63, 3.8) is 0 Å². The van der Waals surface area contributed by atoms with Gasteiger partial charge in [0, 0.05) is 17.3 Å². The van der Waals surface area contributed by atoms with Crippen LogP contribution in [0.1, 0.15) is 34.1 Å². The molecule has 1 unspecified atom stereocenters. The molecule has 0 radical (unpaired) electrons. The van der Waals surface area contributed by atoms with Gasteiger partial charge in [-0.2, -0.15) is 0 Å². The van der Waals surface area contributed by atoms with Crippen LogP contribution in [0.3, 0.4) is 0 Å². The fourth-order valence-corrected chi connectivity index (χ4v) is 3.17. The Balaban J connectivity index is 2.16. The quantitative estimate of drug-likeness (QED) is 0.881. The molecule has 20 heavy (non-hydrogen) atoms. The van der Waals surface area contributed by atoms with E-state index >= 15 is 0 Å². The zero-order valence-corrected chi connectivity index (χ0v) is 13.4. The average molecular weight is 290 g/mol. The molecule has 0 saturated carbocycles. The van der Waals surface area contributed by atoms with Gasteiger partial charge in [0.05, 0.1) is 17.8 Å². The van der Waals surface area contributed by atoms with E-state index in [9.17, 15) is 0 Å². The summed E-state index contributed by atoms with van der Waals surface area (Å²) in [6.07, 6.45) is 0.930. The van der Waals surface area contributed by atoms with E-state index in [1.165, 1.54) is 15.4 Å². The summed E-state index contributed by atoms with van der Waals surface area (Å²) < 4.78 is 5.22. The Hall–Kier alpha value is -1.39. The number of benzene rings is 1. The third-order valence-corrected chi connectivity index (χ3v) is 4.52. The lowest BCUT2D eigenvalue weighted by Crippen LogP contribution is -2.22. The molecule has 1 heterocycles. The van der Waals surface area contributed by atoms with Crippen LogP contribution < -0.4 is 10.1 Å². The van der Waals surface area contributed by atoms with E-state index in [0.29, 0.717) is 6.04 Å². The molecule has 0 aliphatic carbocycles. The summed E-state index contributed by atoms with van der Waals surface area (Å²) in [5.74, 6) is 0.893. The maximum Gasteiger partial charge on any atom is 0.118 e. The molecule has 0 fully saturated rings. The lowest BCUT2D eigenvalue weighted by Gasteiger charge is -2.17. The van der Waals surface area contributed by atoms with Crippen molar-refractivity contribution in [1.29, 1.82) is 0 Å². The Morgan fingerprint density at radius 1 is 1.25 bits per heavy atom. The summed E-state index contributed by atoms with van der Waals surface area (Å²) in [6, 6.07) is 8.57. The highest BCUT2D eigenvalue weighted by Crippen LogP contribution is 2.24. The molecule has 0 bridgehead atoms. The molecule has 108 valence electrons. The zero-order chi connectivity index (χ0) is 14.5. The van der Waals surface area contributed by atoms with Gasteiger partial charge >= 0.3 is 0 Å². The van der Waals surface area contributed by atoms with Gasteiger partial charge in [-0.3, -0.25) is 0 Å². The average Bonchev–Trinajstić information content (AvgIpc) is 2.77. The van der Waals surface area contributed by atoms with E-state index in [1.807, 2.05) is 12.1 Å². The Bertz CT molecular complexity index is 529. The number of methoxy groups -OCH3 is 1. The number of nitrogens with zero attached hydrogens (tertiary/aromatic N) is 1. The molecule has 0 saturated heterocycles. The topological polar surface area (TPSA) is 34.2 Å². The van der Waals surface area contributed by atoms with Gasteiger partial charge in [-0.25, -0.2) is 4.98 Å². The van der Waals surface area contributed by atoms with Gasteiger partial charge in [-0.05, 0) is 38.1 Å². The highest BCUT2D eigenvalue weighted by molar-refractivity contribution is 7.11. The first-order chi connectivity index (χ1) is 9.63. The fourth-order valence-electron chi connectivity index (χ4n) is 2.19. The molecular weight excluding hydrogens is 268 g/mol. The van der Waals surface area contributed by atoms with Gasteiger partial charge in [0.2, 0.25) is 0 Å². The van der Waals surface area contributed by atoms with Crippen LogP contribution in [-0.2, 0) is 6.42 Å². The third-order valence-electron chi connectivity index (χ3n) is 3.42. The Morgan fingerprint density at radius 3 is 2.45 bits per heavy atom. The fraction of sp³-hybridized carbons (Fsp3) is 0.438. The molecule has 4 heteroatoms. The second-order valence-corrected chi connectivity index (χ2v) is 6.12. The second-order valence-electron chi connectivity index (χ2n) is 4.84. The third kappa shape index (κ3) is 3.58. The zero-order valence-electron chi connectivity index (χ0n) is 12.6. The van der Waals surface area contributed by atoms with Crippen LogP contribution in [-0.4, -0.2) is 18.6 Å². The van der Waals surface area contributed by atoms with Gasteiger partial charge in [0.1, 0.15) is 5.75 Å². The number of aromatic nitrogens is 1. The van der Waals surface area contributed by atoms with Crippen LogP contribution in [0.15, 0.2) is 24.3 Å². The minimum absolute atomic E-state index is 0.302. The van der Waals surface area contributed by atoms with Crippen molar-refractivity contribution >= 4 is 11.3 Å². The van der Waals surface area contributed by atoms with Crippen LogP contribution >= 0.6 is 11.3 Å². The van der Waals surface area contributed by atoms with Crippen LogP contribution in [0.4, 0.5) is 0 Å². The van der Waals surface area contributed by atoms with E-state index < -0.39 is 0 Å². The standard InChI is InChI=1S/C16H22N2OS/c1-5-17-15(10-16-18-11(2)12(3)20-16)13-6-8-14(19-4)9-7-13/h6-9,15,17H,5,10H2,1-4H3. The molecule has 0 aliphatic rings. The second kappa shape index (κ2) is 6.86. The highest BCUT2D eigenvalue weighted by atomic mass is 32.1. The van der Waals surface area contributed by atoms with E-state index in [1.54, 1.807) is 18.4 Å². The van der Waals surface area contributed by atoms with Crippen molar-refractivity contribution in [3.8, 4) is 5.75 Å². The van der Waals surface area contributed by atoms with Crippen LogP contribution in [0.2, 0.25) is 0 Å². The van der Waals surface area contributed by atoms with Crippen molar-refractivity contribution < 1.29 is 4.74 Å². The first kappa shape index (κ1) is 15.0. The number of aryl methyl sites for hydroxylation is 2. The van der Waals surface area contributed by atoms with Gasteiger partial charge < -0.3 is 10.1 Å². The van der Waals surface area contributed by atoms with Crippen LogP contribution in [0.25, 0.3) is 0 Å². The lowest BCUT2D eigenvalue weighted by molar-refractivity contribution is 0.414. The number of thiazole rings is 1. The summed E-state index contributed by atoms with van der Waals surface area (Å²) in [5, 5.41) is 4.74. The summed E-state index contributed by atoms with van der Waals surface area (Å²) in [5.41, 5.74) is 2.42. The van der Waals surface area contributed by atoms with Crippen molar-refractivity contribution in [3.05, 3.63) is 45.4 Å². The number of likely N-dealkylation sites (N-methyl/N-ethyl adjacent to an activating group) is 1. The summed E-state index contributed by atoms with van der Waals surface area (Å²) in [7, 11) is 1.69. The molecule has 1 aromatic heterocycles. The van der Waals surface area contributed by atoms with E-state index in [-0.39, 0.29) is 0 Å². The van der Waals surface area contributed by atoms with Gasteiger partial charge in [0.15, 0.2) is 0 Å². The van der Waals surface area contributed by atoms with Crippen molar-refractivity contribution in [2.75, 3.05) is 13.7 Å². The van der Waals surface area contributed by atoms with E-state index in [2.05, 4.69) is 43.2 Å². The summed E-state index contributed by atoms with van der Waals surface area (Å²) >= 11 is 1.80. The number of hydrogen-bond donors (Lipinski definition) is 1. The van der Waals surface area contributed by atoms with Gasteiger partial charge in [0.25, 0.3) is 0 Å².